The van der Waals surface area contributed by atoms with Crippen molar-refractivity contribution in [1.29, 1.82) is 0 Å². The molecule has 0 heterocycles. The van der Waals surface area contributed by atoms with E-state index in [9.17, 15) is 24.0 Å². The summed E-state index contributed by atoms with van der Waals surface area (Å²) in [5.74, 6) is -5.10. The Bertz CT molecular complexity index is 626. The van der Waals surface area contributed by atoms with Gasteiger partial charge in [0, 0.05) is 0 Å². The number of carboxylic acid groups (broad SMARTS) is 2. The van der Waals surface area contributed by atoms with Crippen LogP contribution >= 0.6 is 0 Å². The number of rotatable bonds is 14. The number of amides is 3. The Morgan fingerprint density at radius 2 is 1.40 bits per heavy atom. The second-order valence-corrected chi connectivity index (χ2v) is 7.34. The van der Waals surface area contributed by atoms with Crippen molar-refractivity contribution < 1.29 is 34.2 Å². The summed E-state index contributed by atoms with van der Waals surface area (Å²) in [6.45, 7) is 5.24. The van der Waals surface area contributed by atoms with Gasteiger partial charge in [-0.25, -0.2) is 4.79 Å². The topological polar surface area (TPSA) is 214 Å². The van der Waals surface area contributed by atoms with Crippen LogP contribution < -0.4 is 27.4 Å². The molecule has 4 unspecified atom stereocenters. The predicted molar refractivity (Wildman–Crippen MR) is 107 cm³/mol. The molecule has 12 heteroatoms. The van der Waals surface area contributed by atoms with Crippen molar-refractivity contribution in [3.8, 4) is 0 Å². The van der Waals surface area contributed by atoms with Crippen LogP contribution in [0.2, 0.25) is 0 Å². The molecule has 12 nitrogen and oxygen atoms in total. The minimum atomic E-state index is -1.64. The van der Waals surface area contributed by atoms with Crippen molar-refractivity contribution in [2.24, 2.45) is 17.4 Å². The molecule has 4 atom stereocenters. The number of unbranched alkanes of at least 4 members (excludes halogenated alkanes) is 1. The Hall–Kier alpha value is -2.73. The van der Waals surface area contributed by atoms with Gasteiger partial charge in [0.05, 0.1) is 12.5 Å². The maximum absolute atomic E-state index is 12.6. The van der Waals surface area contributed by atoms with Crippen LogP contribution in [0.25, 0.3) is 0 Å². The number of nitrogens with one attached hydrogen (secondary N) is 3. The third-order valence-electron chi connectivity index (χ3n) is 4.35. The monoisotopic (exact) mass is 431 g/mol. The fourth-order valence-corrected chi connectivity index (χ4v) is 2.38. The van der Waals surface area contributed by atoms with E-state index >= 15 is 0 Å². The van der Waals surface area contributed by atoms with E-state index in [4.69, 9.17) is 21.7 Å². The summed E-state index contributed by atoms with van der Waals surface area (Å²) in [5.41, 5.74) is 11.3. The molecule has 30 heavy (non-hydrogen) atoms. The van der Waals surface area contributed by atoms with Gasteiger partial charge in [-0.15, -0.1) is 0 Å². The van der Waals surface area contributed by atoms with Gasteiger partial charge in [0.2, 0.25) is 17.7 Å². The Morgan fingerprint density at radius 1 is 0.833 bits per heavy atom. The Kier molecular flexibility index (Phi) is 12.3. The Balaban J connectivity index is 5.08. The van der Waals surface area contributed by atoms with Crippen molar-refractivity contribution in [3.63, 3.8) is 0 Å². The molecule has 3 amide bonds. The Morgan fingerprint density at radius 3 is 1.87 bits per heavy atom. The van der Waals surface area contributed by atoms with Gasteiger partial charge in [0.15, 0.2) is 0 Å². The van der Waals surface area contributed by atoms with Gasteiger partial charge >= 0.3 is 11.9 Å². The first-order valence-electron chi connectivity index (χ1n) is 9.72. The van der Waals surface area contributed by atoms with Crippen molar-refractivity contribution in [1.82, 2.24) is 16.0 Å². The zero-order valence-corrected chi connectivity index (χ0v) is 17.5. The minimum absolute atomic E-state index is 0.148. The molecule has 0 aromatic carbocycles. The summed E-state index contributed by atoms with van der Waals surface area (Å²) in [4.78, 5) is 58.8. The average Bonchev–Trinajstić information content (AvgIpc) is 2.65. The number of carboxylic acids is 2. The number of hydrogen-bond donors (Lipinski definition) is 7. The van der Waals surface area contributed by atoms with E-state index < -0.39 is 60.2 Å². The van der Waals surface area contributed by atoms with Crippen molar-refractivity contribution in [3.05, 3.63) is 0 Å². The zero-order valence-electron chi connectivity index (χ0n) is 17.5. The van der Waals surface area contributed by atoms with Gasteiger partial charge < -0.3 is 37.6 Å². The third-order valence-corrected chi connectivity index (χ3v) is 4.35. The van der Waals surface area contributed by atoms with Gasteiger partial charge in [-0.3, -0.25) is 19.2 Å². The fraction of sp³-hybridized carbons (Fsp3) is 0.722. The van der Waals surface area contributed by atoms with Gasteiger partial charge in [0.25, 0.3) is 0 Å². The predicted octanol–water partition coefficient (Wildman–Crippen LogP) is -1.87. The summed E-state index contributed by atoms with van der Waals surface area (Å²) in [7, 11) is 0. The summed E-state index contributed by atoms with van der Waals surface area (Å²) in [6, 6.07) is -4.58. The first-order valence-corrected chi connectivity index (χ1v) is 9.72. The quantitative estimate of drug-likeness (QED) is 0.153. The molecule has 172 valence electrons. The summed E-state index contributed by atoms with van der Waals surface area (Å²) in [6.07, 6.45) is 0.630. The normalized spacial score (nSPS) is 14.9. The molecule has 0 aliphatic rings. The lowest BCUT2D eigenvalue weighted by molar-refractivity contribution is -0.147. The van der Waals surface area contributed by atoms with Crippen LogP contribution in [0.5, 0.6) is 0 Å². The molecule has 0 aliphatic carbocycles. The highest BCUT2D eigenvalue weighted by Crippen LogP contribution is 2.05. The highest BCUT2D eigenvalue weighted by Gasteiger charge is 2.29. The highest BCUT2D eigenvalue weighted by molar-refractivity contribution is 5.94. The van der Waals surface area contributed by atoms with E-state index in [2.05, 4.69) is 16.0 Å². The maximum Gasteiger partial charge on any atom is 0.326 e. The summed E-state index contributed by atoms with van der Waals surface area (Å²) in [5, 5.41) is 24.8. The fourth-order valence-electron chi connectivity index (χ4n) is 2.38. The van der Waals surface area contributed by atoms with E-state index in [1.165, 1.54) is 6.92 Å². The zero-order chi connectivity index (χ0) is 23.4. The number of nitrogens with two attached hydrogens (primary N) is 2. The third kappa shape index (κ3) is 10.2. The second-order valence-electron chi connectivity index (χ2n) is 7.34. The molecule has 0 aromatic rings. The second kappa shape index (κ2) is 13.5. The molecule has 0 aliphatic heterocycles. The van der Waals surface area contributed by atoms with Crippen LogP contribution in [0, 0.1) is 5.92 Å². The molecule has 0 saturated heterocycles. The molecule has 0 bridgehead atoms. The van der Waals surface area contributed by atoms with Gasteiger partial charge in [-0.1, -0.05) is 13.8 Å². The Labute approximate surface area is 175 Å². The molecular formula is C18H33N5O7. The SMILES string of the molecule is CC(NC(=O)C(CCCCN)NC(=O)C(N)C(C)C)C(=O)NC(CC(=O)O)C(=O)O. The molecule has 0 saturated carbocycles. The molecule has 9 N–H and O–H groups in total. The van der Waals surface area contributed by atoms with Gasteiger partial charge in [-0.05, 0) is 38.6 Å². The molecule has 0 spiro atoms. The average molecular weight is 431 g/mol. The molecular weight excluding hydrogens is 398 g/mol. The van der Waals surface area contributed by atoms with Crippen LogP contribution in [0.1, 0.15) is 46.5 Å². The molecule has 0 radical (unpaired) electrons. The van der Waals surface area contributed by atoms with Crippen molar-refractivity contribution in [2.45, 2.75) is 70.6 Å². The summed E-state index contributed by atoms with van der Waals surface area (Å²) < 4.78 is 0. The van der Waals surface area contributed by atoms with Crippen LogP contribution in [-0.2, 0) is 24.0 Å². The van der Waals surface area contributed by atoms with E-state index in [1.807, 2.05) is 0 Å². The number of carbonyl (C=O) groups excluding carboxylic acids is 3. The lowest BCUT2D eigenvalue weighted by Crippen LogP contribution is -2.56. The van der Waals surface area contributed by atoms with Crippen molar-refractivity contribution >= 4 is 29.7 Å². The number of carbonyl (C=O) groups is 5. The standard InChI is InChI=1S/C18H33N5O7/c1-9(2)14(20)17(28)22-11(6-4-5-7-19)16(27)21-10(3)15(26)23-12(18(29)30)8-13(24)25/h9-12,14H,4-8,19-20H2,1-3H3,(H,21,27)(H,22,28)(H,23,26)(H,24,25)(H,29,30). The largest absolute Gasteiger partial charge is 0.481 e. The van der Waals surface area contributed by atoms with Crippen LogP contribution in [0.3, 0.4) is 0 Å². The number of hydrogen-bond acceptors (Lipinski definition) is 7. The van der Waals surface area contributed by atoms with Crippen LogP contribution in [0.15, 0.2) is 0 Å². The molecule has 0 fully saturated rings. The van der Waals surface area contributed by atoms with Crippen LogP contribution in [-0.4, -0.2) is 70.6 Å². The molecule has 0 rings (SSSR count). The van der Waals surface area contributed by atoms with E-state index in [0.717, 1.165) is 0 Å². The van der Waals surface area contributed by atoms with Crippen LogP contribution in [0.4, 0.5) is 0 Å². The van der Waals surface area contributed by atoms with E-state index in [-0.39, 0.29) is 12.3 Å². The van der Waals surface area contributed by atoms with E-state index in [1.54, 1.807) is 13.8 Å². The highest BCUT2D eigenvalue weighted by atomic mass is 16.4. The minimum Gasteiger partial charge on any atom is -0.481 e. The maximum atomic E-state index is 12.6. The first-order chi connectivity index (χ1) is 13.9. The van der Waals surface area contributed by atoms with Gasteiger partial charge in [-0.2, -0.15) is 0 Å². The first kappa shape index (κ1) is 27.3. The lowest BCUT2D eigenvalue weighted by atomic mass is 10.0. The number of aliphatic carboxylic acids is 2. The lowest BCUT2D eigenvalue weighted by Gasteiger charge is -2.24. The van der Waals surface area contributed by atoms with E-state index in [0.29, 0.717) is 19.4 Å². The molecule has 0 aromatic heterocycles. The van der Waals surface area contributed by atoms with Crippen molar-refractivity contribution in [2.75, 3.05) is 6.54 Å². The summed E-state index contributed by atoms with van der Waals surface area (Å²) >= 11 is 0. The van der Waals surface area contributed by atoms with Gasteiger partial charge in [0.1, 0.15) is 18.1 Å². The smallest absolute Gasteiger partial charge is 0.326 e.